The minimum absolute atomic E-state index is 0.0610. The molecule has 1 N–H and O–H groups in total. The van der Waals surface area contributed by atoms with Crippen molar-refractivity contribution in [1.82, 2.24) is 10.2 Å². The predicted molar refractivity (Wildman–Crippen MR) is 153 cm³/mol. The molecule has 0 aromatic heterocycles. The first-order valence-electron chi connectivity index (χ1n) is 13.2. The van der Waals surface area contributed by atoms with E-state index in [9.17, 15) is 22.4 Å². The third kappa shape index (κ3) is 7.59. The Morgan fingerprint density at radius 3 is 2.23 bits per heavy atom. The second-order valence-corrected chi connectivity index (χ2v) is 11.1. The minimum atomic E-state index is -4.26. The number of nitrogens with one attached hydrogen (secondary N) is 1. The van der Waals surface area contributed by atoms with E-state index in [2.05, 4.69) is 5.32 Å². The molecule has 214 valence electrons. The average molecular weight is 570 g/mol. The molecule has 0 spiro atoms. The average Bonchev–Trinajstić information content (AvgIpc) is 2.93. The summed E-state index contributed by atoms with van der Waals surface area (Å²) in [4.78, 5) is 28.3. The van der Waals surface area contributed by atoms with Crippen LogP contribution in [-0.4, -0.2) is 50.9 Å². The van der Waals surface area contributed by atoms with Gasteiger partial charge >= 0.3 is 0 Å². The van der Waals surface area contributed by atoms with E-state index in [4.69, 9.17) is 4.74 Å². The summed E-state index contributed by atoms with van der Waals surface area (Å²) >= 11 is 0. The molecule has 0 fully saturated rings. The van der Waals surface area contributed by atoms with Crippen molar-refractivity contribution in [2.45, 2.75) is 51.6 Å². The van der Waals surface area contributed by atoms with Crippen molar-refractivity contribution in [1.29, 1.82) is 0 Å². The van der Waals surface area contributed by atoms with E-state index in [-0.39, 0.29) is 23.0 Å². The van der Waals surface area contributed by atoms with Crippen LogP contribution in [0.3, 0.4) is 0 Å². The van der Waals surface area contributed by atoms with Crippen molar-refractivity contribution in [2.75, 3.05) is 24.0 Å². The van der Waals surface area contributed by atoms with Gasteiger partial charge in [-0.05, 0) is 81.3 Å². The monoisotopic (exact) mass is 569 g/mol. The van der Waals surface area contributed by atoms with Crippen LogP contribution < -0.4 is 14.4 Å². The molecule has 0 bridgehead atoms. The topological polar surface area (TPSA) is 96.0 Å². The number of aryl methyl sites for hydroxylation is 1. The summed E-state index contributed by atoms with van der Waals surface area (Å²) in [6.45, 7) is 7.65. The molecule has 3 rings (SSSR count). The number of hydrogen-bond donors (Lipinski definition) is 1. The molecule has 0 aliphatic rings. The van der Waals surface area contributed by atoms with Crippen LogP contribution in [0.5, 0.6) is 5.75 Å². The van der Waals surface area contributed by atoms with Gasteiger partial charge in [-0.25, -0.2) is 12.8 Å². The van der Waals surface area contributed by atoms with E-state index < -0.39 is 34.3 Å². The van der Waals surface area contributed by atoms with Crippen LogP contribution in [0.25, 0.3) is 0 Å². The lowest BCUT2D eigenvalue weighted by Gasteiger charge is -2.33. The van der Waals surface area contributed by atoms with Gasteiger partial charge in [-0.2, -0.15) is 0 Å². The fourth-order valence-electron chi connectivity index (χ4n) is 4.36. The Labute approximate surface area is 235 Å². The quantitative estimate of drug-likeness (QED) is 0.323. The van der Waals surface area contributed by atoms with E-state index in [0.717, 1.165) is 27.6 Å². The number of carbonyl (C=O) groups excluding carboxylic acids is 2. The van der Waals surface area contributed by atoms with Crippen LogP contribution >= 0.6 is 0 Å². The van der Waals surface area contributed by atoms with Crippen LogP contribution in [0.15, 0.2) is 77.7 Å². The number of benzene rings is 3. The van der Waals surface area contributed by atoms with Gasteiger partial charge in [-0.15, -0.1) is 0 Å². The van der Waals surface area contributed by atoms with E-state index in [1.54, 1.807) is 13.8 Å². The molecule has 2 amide bonds. The summed E-state index contributed by atoms with van der Waals surface area (Å²) in [7, 11) is -4.26. The zero-order valence-corrected chi connectivity index (χ0v) is 24.1. The number of amides is 2. The predicted octanol–water partition coefficient (Wildman–Crippen LogP) is 4.67. The van der Waals surface area contributed by atoms with E-state index in [0.29, 0.717) is 25.3 Å². The number of anilines is 1. The highest BCUT2D eigenvalue weighted by Crippen LogP contribution is 2.26. The standard InChI is InChI=1S/C30H36FN3O5S/c1-5-28(30(36)32-6-2)33(20-23-10-8-9-22(4)19-23)29(35)21-34(25-13-11-24(31)12-14-25)40(37,38)27-17-15-26(16-18-27)39-7-3/h8-19,28H,5-7,20-21H2,1-4H3,(H,32,36)/t28-/m1/s1. The maximum absolute atomic E-state index is 14.0. The first kappa shape index (κ1) is 30.6. The lowest BCUT2D eigenvalue weighted by atomic mass is 10.1. The van der Waals surface area contributed by atoms with Crippen molar-refractivity contribution in [3.05, 3.63) is 89.7 Å². The Balaban J connectivity index is 2.04. The smallest absolute Gasteiger partial charge is 0.264 e. The highest BCUT2D eigenvalue weighted by atomic mass is 32.2. The molecule has 3 aromatic rings. The van der Waals surface area contributed by atoms with Gasteiger partial charge in [-0.1, -0.05) is 36.8 Å². The molecule has 1 atom stereocenters. The fourth-order valence-corrected chi connectivity index (χ4v) is 5.77. The number of hydrogen-bond acceptors (Lipinski definition) is 5. The van der Waals surface area contributed by atoms with Crippen molar-refractivity contribution < 1.29 is 27.1 Å². The maximum Gasteiger partial charge on any atom is 0.264 e. The summed E-state index contributed by atoms with van der Waals surface area (Å²) in [5.41, 5.74) is 1.91. The Hall–Kier alpha value is -3.92. The lowest BCUT2D eigenvalue weighted by Crippen LogP contribution is -2.52. The molecule has 0 saturated heterocycles. The fraction of sp³-hybridized carbons (Fsp3) is 0.333. The molecule has 3 aromatic carbocycles. The highest BCUT2D eigenvalue weighted by Gasteiger charge is 2.33. The van der Waals surface area contributed by atoms with Crippen LogP contribution in [-0.2, 0) is 26.2 Å². The Morgan fingerprint density at radius 2 is 1.65 bits per heavy atom. The molecule has 0 heterocycles. The van der Waals surface area contributed by atoms with E-state index in [1.807, 2.05) is 38.1 Å². The molecule has 0 aliphatic heterocycles. The minimum Gasteiger partial charge on any atom is -0.494 e. The van der Waals surface area contributed by atoms with Gasteiger partial charge in [0.1, 0.15) is 24.2 Å². The number of nitrogens with zero attached hydrogens (tertiary/aromatic N) is 2. The van der Waals surface area contributed by atoms with Gasteiger partial charge in [0, 0.05) is 13.1 Å². The van der Waals surface area contributed by atoms with Crippen molar-refractivity contribution >= 4 is 27.5 Å². The number of rotatable bonds is 13. The van der Waals surface area contributed by atoms with Crippen molar-refractivity contribution in [3.63, 3.8) is 0 Å². The zero-order chi connectivity index (χ0) is 29.3. The molecule has 10 heteroatoms. The molecule has 0 radical (unpaired) electrons. The summed E-state index contributed by atoms with van der Waals surface area (Å²) in [5, 5.41) is 2.77. The van der Waals surface area contributed by atoms with Gasteiger partial charge in [0.15, 0.2) is 0 Å². The molecule has 0 aliphatic carbocycles. The van der Waals surface area contributed by atoms with Crippen LogP contribution in [0.4, 0.5) is 10.1 Å². The van der Waals surface area contributed by atoms with Crippen LogP contribution in [0, 0.1) is 12.7 Å². The number of likely N-dealkylation sites (N-methyl/N-ethyl adjacent to an activating group) is 1. The van der Waals surface area contributed by atoms with Gasteiger partial charge in [0.2, 0.25) is 11.8 Å². The van der Waals surface area contributed by atoms with Crippen molar-refractivity contribution in [2.24, 2.45) is 0 Å². The summed E-state index contributed by atoms with van der Waals surface area (Å²) in [5.74, 6) is -0.938. The summed E-state index contributed by atoms with van der Waals surface area (Å²) in [6.07, 6.45) is 0.325. The zero-order valence-electron chi connectivity index (χ0n) is 23.3. The number of halogens is 1. The van der Waals surface area contributed by atoms with Gasteiger partial charge < -0.3 is 15.0 Å². The van der Waals surface area contributed by atoms with Gasteiger partial charge in [0.25, 0.3) is 10.0 Å². The largest absolute Gasteiger partial charge is 0.494 e. The maximum atomic E-state index is 14.0. The number of sulfonamides is 1. The Bertz CT molecular complexity index is 1400. The summed E-state index contributed by atoms with van der Waals surface area (Å²) in [6, 6.07) is 17.5. The second-order valence-electron chi connectivity index (χ2n) is 9.22. The Morgan fingerprint density at radius 1 is 0.975 bits per heavy atom. The second kappa shape index (κ2) is 13.9. The summed E-state index contributed by atoms with van der Waals surface area (Å²) < 4.78 is 47.9. The molecule has 0 saturated carbocycles. The molecule has 40 heavy (non-hydrogen) atoms. The first-order chi connectivity index (χ1) is 19.1. The van der Waals surface area contributed by atoms with Crippen LogP contribution in [0.2, 0.25) is 0 Å². The first-order valence-corrected chi connectivity index (χ1v) is 14.7. The van der Waals surface area contributed by atoms with Crippen LogP contribution in [0.1, 0.15) is 38.3 Å². The van der Waals surface area contributed by atoms with E-state index >= 15 is 0 Å². The highest BCUT2D eigenvalue weighted by molar-refractivity contribution is 7.92. The molecule has 0 unspecified atom stereocenters. The lowest BCUT2D eigenvalue weighted by molar-refractivity contribution is -0.140. The molecular weight excluding hydrogens is 533 g/mol. The van der Waals surface area contributed by atoms with E-state index in [1.165, 1.54) is 41.3 Å². The SMILES string of the molecule is CCNC(=O)[C@@H](CC)N(Cc1cccc(C)c1)C(=O)CN(c1ccc(F)cc1)S(=O)(=O)c1ccc(OCC)cc1. The van der Waals surface area contributed by atoms with Gasteiger partial charge in [-0.3, -0.25) is 13.9 Å². The number of ether oxygens (including phenoxy) is 1. The molecular formula is C30H36FN3O5S. The van der Waals surface area contributed by atoms with Crippen molar-refractivity contribution in [3.8, 4) is 5.75 Å². The third-order valence-electron chi connectivity index (χ3n) is 6.29. The number of carbonyl (C=O) groups is 2. The normalized spacial score (nSPS) is 11.9. The van der Waals surface area contributed by atoms with Gasteiger partial charge in [0.05, 0.1) is 17.2 Å². The molecule has 8 nitrogen and oxygen atoms in total. The third-order valence-corrected chi connectivity index (χ3v) is 8.08. The Kier molecular flexibility index (Phi) is 10.7.